The minimum Gasteiger partial charge on any atom is -0.281 e. The van der Waals surface area contributed by atoms with Gasteiger partial charge in [0.2, 0.25) is 0 Å². The summed E-state index contributed by atoms with van der Waals surface area (Å²) in [4.78, 5) is 11.0. The highest BCUT2D eigenvalue weighted by Gasteiger charge is 2.23. The van der Waals surface area contributed by atoms with Gasteiger partial charge in [0, 0.05) is 11.6 Å². The zero-order chi connectivity index (χ0) is 13.7. The van der Waals surface area contributed by atoms with Crippen LogP contribution in [0.5, 0.6) is 0 Å². The van der Waals surface area contributed by atoms with Gasteiger partial charge in [-0.15, -0.1) is 0 Å². The van der Waals surface area contributed by atoms with Gasteiger partial charge in [0.05, 0.1) is 0 Å². The lowest BCUT2D eigenvalue weighted by Gasteiger charge is -2.23. The molecular weight excluding hydrogens is 202 g/mol. The number of hydrogen-bond donors (Lipinski definition) is 1. The third-order valence-electron chi connectivity index (χ3n) is 1.73. The lowest BCUT2D eigenvalue weighted by molar-refractivity contribution is -0.162. The number of carbonyl (C=O) groups is 1. The molecule has 3 heteroatoms. The molecule has 0 aromatic carbocycles. The third-order valence-corrected chi connectivity index (χ3v) is 1.73. The van der Waals surface area contributed by atoms with Crippen LogP contribution < -0.4 is 0 Å². The van der Waals surface area contributed by atoms with Gasteiger partial charge >= 0.3 is 0 Å². The molecule has 0 fully saturated rings. The predicted molar refractivity (Wildman–Crippen MR) is 70.2 cm³/mol. The Morgan fingerprint density at radius 1 is 1.19 bits per heavy atom. The van der Waals surface area contributed by atoms with Gasteiger partial charge < -0.3 is 0 Å². The molecule has 1 unspecified atom stereocenters. The fraction of sp³-hybridized carbons (Fsp3) is 0.769. The van der Waals surface area contributed by atoms with Crippen LogP contribution >= 0.6 is 0 Å². The van der Waals surface area contributed by atoms with Crippen molar-refractivity contribution in [3.63, 3.8) is 0 Å². The average Bonchev–Trinajstić information content (AvgIpc) is 2.39. The molecule has 1 rings (SSSR count). The van der Waals surface area contributed by atoms with Crippen molar-refractivity contribution < 1.29 is 10.0 Å². The maximum atomic E-state index is 11.0. The molecule has 0 saturated heterocycles. The Balaban J connectivity index is -0.000000245. The van der Waals surface area contributed by atoms with Crippen LogP contribution in [0.4, 0.5) is 0 Å². The van der Waals surface area contributed by atoms with E-state index in [-0.39, 0.29) is 11.8 Å². The summed E-state index contributed by atoms with van der Waals surface area (Å²) in [6, 6.07) is 0. The van der Waals surface area contributed by atoms with Gasteiger partial charge in [-0.05, 0) is 13.3 Å². The first kappa shape index (κ1) is 20.6. The van der Waals surface area contributed by atoms with E-state index >= 15 is 0 Å². The third kappa shape index (κ3) is 7.46. The molecule has 1 atom stereocenters. The van der Waals surface area contributed by atoms with E-state index < -0.39 is 0 Å². The average molecular weight is 231 g/mol. The van der Waals surface area contributed by atoms with E-state index in [1.807, 2.05) is 47.6 Å². The summed E-state index contributed by atoms with van der Waals surface area (Å²) >= 11 is 0. The molecule has 1 amide bonds. The summed E-state index contributed by atoms with van der Waals surface area (Å²) in [6.45, 7) is 15.5. The van der Waals surface area contributed by atoms with E-state index in [2.05, 4.69) is 0 Å². The Kier molecular flexibility index (Phi) is 18.2. The van der Waals surface area contributed by atoms with Gasteiger partial charge in [0.1, 0.15) is 0 Å². The minimum atomic E-state index is -0.208. The van der Waals surface area contributed by atoms with E-state index in [0.717, 1.165) is 6.42 Å². The van der Waals surface area contributed by atoms with Gasteiger partial charge in [-0.25, -0.2) is 0 Å². The summed E-state index contributed by atoms with van der Waals surface area (Å²) in [6.07, 6.45) is 2.59. The van der Waals surface area contributed by atoms with Crippen molar-refractivity contribution in [2.75, 3.05) is 0 Å². The molecule has 0 radical (unpaired) electrons. The van der Waals surface area contributed by atoms with Crippen LogP contribution in [-0.4, -0.2) is 16.2 Å². The maximum Gasteiger partial charge on any atom is 0.253 e. The normalized spacial score (nSPS) is 17.8. The van der Waals surface area contributed by atoms with E-state index in [1.54, 1.807) is 13.8 Å². The molecule has 16 heavy (non-hydrogen) atoms. The van der Waals surface area contributed by atoms with Gasteiger partial charge in [-0.3, -0.25) is 10.0 Å². The van der Waals surface area contributed by atoms with Gasteiger partial charge in [0.25, 0.3) is 5.91 Å². The van der Waals surface area contributed by atoms with Crippen LogP contribution in [0.15, 0.2) is 11.8 Å². The monoisotopic (exact) mass is 231 g/mol. The Bertz CT molecular complexity index is 188. The van der Waals surface area contributed by atoms with Crippen LogP contribution in [0, 0.1) is 5.92 Å². The van der Waals surface area contributed by atoms with Crippen molar-refractivity contribution in [1.82, 2.24) is 5.06 Å². The van der Waals surface area contributed by atoms with E-state index in [0.29, 0.717) is 10.8 Å². The Morgan fingerprint density at radius 3 is 1.88 bits per heavy atom. The molecule has 1 aliphatic rings. The summed E-state index contributed by atoms with van der Waals surface area (Å²) in [7, 11) is 0. The predicted octanol–water partition coefficient (Wildman–Crippen LogP) is 4.23. The number of carbonyl (C=O) groups excluding carboxylic acids is 1. The summed E-state index contributed by atoms with van der Waals surface area (Å²) in [5, 5.41) is 9.75. The second kappa shape index (κ2) is 14.2. The van der Waals surface area contributed by atoms with Crippen LogP contribution in [0.25, 0.3) is 0 Å². The summed E-state index contributed by atoms with van der Waals surface area (Å²) in [5.41, 5.74) is 0.628. The quantitative estimate of drug-likeness (QED) is 0.634. The van der Waals surface area contributed by atoms with Crippen molar-refractivity contribution in [3.8, 4) is 0 Å². The SMILES string of the molecule is CC.CC.CC.CC1=CCC(C)C(=O)N1O. The van der Waals surface area contributed by atoms with Crippen molar-refractivity contribution >= 4 is 5.91 Å². The molecule has 1 N–H and O–H groups in total. The first-order chi connectivity index (χ1) is 7.63. The summed E-state index contributed by atoms with van der Waals surface area (Å²) in [5.74, 6) is -0.284. The van der Waals surface area contributed by atoms with E-state index in [9.17, 15) is 4.79 Å². The zero-order valence-electron chi connectivity index (χ0n) is 12.2. The topological polar surface area (TPSA) is 40.5 Å². The Hall–Kier alpha value is -0.830. The zero-order valence-corrected chi connectivity index (χ0v) is 12.2. The molecule has 98 valence electrons. The van der Waals surface area contributed by atoms with Crippen molar-refractivity contribution in [3.05, 3.63) is 11.8 Å². The number of amides is 1. The van der Waals surface area contributed by atoms with Crippen LogP contribution in [0.2, 0.25) is 0 Å². The van der Waals surface area contributed by atoms with Crippen LogP contribution in [0.1, 0.15) is 61.8 Å². The minimum absolute atomic E-state index is 0.0753. The second-order valence-electron chi connectivity index (χ2n) is 2.63. The molecule has 0 aromatic heterocycles. The highest BCUT2D eigenvalue weighted by atomic mass is 16.5. The lowest BCUT2D eigenvalue weighted by Crippen LogP contribution is -2.33. The molecule has 0 aromatic rings. The van der Waals surface area contributed by atoms with Crippen LogP contribution in [0.3, 0.4) is 0 Å². The van der Waals surface area contributed by atoms with Crippen LogP contribution in [-0.2, 0) is 4.79 Å². The van der Waals surface area contributed by atoms with Gasteiger partial charge in [0.15, 0.2) is 0 Å². The molecule has 1 aliphatic heterocycles. The second-order valence-corrected chi connectivity index (χ2v) is 2.63. The fourth-order valence-corrected chi connectivity index (χ4v) is 0.917. The first-order valence-corrected chi connectivity index (χ1v) is 6.32. The Labute approximate surface area is 101 Å². The van der Waals surface area contributed by atoms with Gasteiger partial charge in [-0.1, -0.05) is 54.5 Å². The largest absolute Gasteiger partial charge is 0.281 e. The molecule has 1 heterocycles. The summed E-state index contributed by atoms with van der Waals surface area (Å²) < 4.78 is 0. The first-order valence-electron chi connectivity index (χ1n) is 6.32. The number of hydroxylamine groups is 2. The van der Waals surface area contributed by atoms with E-state index in [4.69, 9.17) is 5.21 Å². The molecular formula is C13H29NO2. The molecule has 0 spiro atoms. The smallest absolute Gasteiger partial charge is 0.253 e. The molecule has 3 nitrogen and oxygen atoms in total. The molecule has 0 aliphatic carbocycles. The fourth-order valence-electron chi connectivity index (χ4n) is 0.917. The van der Waals surface area contributed by atoms with Crippen molar-refractivity contribution in [2.45, 2.75) is 61.8 Å². The lowest BCUT2D eigenvalue weighted by atomic mass is 10.0. The maximum absolute atomic E-state index is 11.0. The standard InChI is InChI=1S/C7H11NO2.3C2H6/c1-5-3-4-6(2)8(10)7(5)9;3*1-2/h4-5,10H,3H2,1-2H3;3*1-2H3. The number of nitrogens with zero attached hydrogens (tertiary/aromatic N) is 1. The van der Waals surface area contributed by atoms with Gasteiger partial charge in [-0.2, -0.15) is 5.06 Å². The number of allylic oxidation sites excluding steroid dienone is 2. The van der Waals surface area contributed by atoms with Crippen molar-refractivity contribution in [1.29, 1.82) is 0 Å². The van der Waals surface area contributed by atoms with Crippen molar-refractivity contribution in [2.24, 2.45) is 5.92 Å². The highest BCUT2D eigenvalue weighted by molar-refractivity contribution is 5.80. The highest BCUT2D eigenvalue weighted by Crippen LogP contribution is 2.17. The number of rotatable bonds is 0. The number of hydrogen-bond acceptors (Lipinski definition) is 2. The molecule has 0 bridgehead atoms. The molecule has 0 saturated carbocycles. The van der Waals surface area contributed by atoms with E-state index in [1.165, 1.54) is 0 Å². The Morgan fingerprint density at radius 2 is 1.56 bits per heavy atom.